The number of aliphatic carboxylic acids is 1. The molecule has 1 aromatic rings. The van der Waals surface area contributed by atoms with Crippen LogP contribution in [0, 0.1) is 0 Å². The molecule has 0 radical (unpaired) electrons. The molecule has 16 heavy (non-hydrogen) atoms. The monoisotopic (exact) mass is 272 g/mol. The molecule has 1 aromatic carbocycles. The van der Waals surface area contributed by atoms with Crippen molar-refractivity contribution in [2.75, 3.05) is 0 Å². The number of hydrogen-bond donors (Lipinski definition) is 1. The zero-order chi connectivity index (χ0) is 12.5. The quantitative estimate of drug-likeness (QED) is 0.893. The fourth-order valence-electron chi connectivity index (χ4n) is 1.13. The first-order chi connectivity index (χ1) is 7.23. The molecule has 1 N–H and O–H groups in total. The zero-order valence-electron chi connectivity index (χ0n) is 7.61. The maximum atomic E-state index is 12.4. The Bertz CT molecular complexity index is 429. The molecule has 0 saturated carbocycles. The second-order valence-electron chi connectivity index (χ2n) is 2.96. The predicted molar refractivity (Wildman–Crippen MR) is 52.8 cm³/mol. The van der Waals surface area contributed by atoms with Crippen LogP contribution >= 0.6 is 23.2 Å². The van der Waals surface area contributed by atoms with Crippen molar-refractivity contribution in [2.24, 2.45) is 0 Å². The number of alkyl halides is 3. The van der Waals surface area contributed by atoms with Crippen LogP contribution in [0.25, 0.3) is 0 Å². The molecule has 88 valence electrons. The van der Waals surface area contributed by atoms with Crippen molar-refractivity contribution in [1.82, 2.24) is 0 Å². The Kier molecular flexibility index (Phi) is 3.70. The lowest BCUT2D eigenvalue weighted by Crippen LogP contribution is -2.09. The third-order valence-corrected chi connectivity index (χ3v) is 2.61. The summed E-state index contributed by atoms with van der Waals surface area (Å²) in [5, 5.41) is 7.75. The minimum atomic E-state index is -4.63. The van der Waals surface area contributed by atoms with Crippen LogP contribution < -0.4 is 0 Å². The number of benzene rings is 1. The maximum Gasteiger partial charge on any atom is 0.417 e. The first kappa shape index (κ1) is 13.1. The second-order valence-corrected chi connectivity index (χ2v) is 3.74. The van der Waals surface area contributed by atoms with Gasteiger partial charge in [0, 0.05) is 10.6 Å². The fraction of sp³-hybridized carbons (Fsp3) is 0.222. The van der Waals surface area contributed by atoms with E-state index in [-0.39, 0.29) is 10.6 Å². The van der Waals surface area contributed by atoms with Crippen LogP contribution in [0.5, 0.6) is 0 Å². The van der Waals surface area contributed by atoms with Gasteiger partial charge in [-0.3, -0.25) is 4.79 Å². The normalized spacial score (nSPS) is 11.6. The van der Waals surface area contributed by atoms with E-state index in [1.165, 1.54) is 0 Å². The molecular weight excluding hydrogens is 268 g/mol. The zero-order valence-corrected chi connectivity index (χ0v) is 9.12. The van der Waals surface area contributed by atoms with E-state index in [4.69, 9.17) is 28.3 Å². The number of rotatable bonds is 2. The Morgan fingerprint density at radius 2 is 1.88 bits per heavy atom. The largest absolute Gasteiger partial charge is 0.481 e. The Morgan fingerprint density at radius 3 is 2.31 bits per heavy atom. The highest BCUT2D eigenvalue weighted by molar-refractivity contribution is 6.36. The fourth-order valence-corrected chi connectivity index (χ4v) is 1.74. The Labute approximate surface area is 98.6 Å². The molecule has 0 aliphatic heterocycles. The highest BCUT2D eigenvalue weighted by Gasteiger charge is 2.34. The van der Waals surface area contributed by atoms with Crippen LogP contribution in [0.4, 0.5) is 13.2 Å². The molecule has 0 heterocycles. The number of carboxylic acids is 1. The lowest BCUT2D eigenvalue weighted by atomic mass is 10.1. The van der Waals surface area contributed by atoms with Gasteiger partial charge in [0.2, 0.25) is 0 Å². The highest BCUT2D eigenvalue weighted by atomic mass is 35.5. The summed E-state index contributed by atoms with van der Waals surface area (Å²) in [5.41, 5.74) is -1.32. The molecule has 0 bridgehead atoms. The molecule has 0 fully saturated rings. The minimum Gasteiger partial charge on any atom is -0.481 e. The number of carboxylic acid groups (broad SMARTS) is 1. The van der Waals surface area contributed by atoms with Crippen molar-refractivity contribution < 1.29 is 23.1 Å². The summed E-state index contributed by atoms with van der Waals surface area (Å²) in [6, 6.07) is 1.70. The average Bonchev–Trinajstić information content (AvgIpc) is 2.09. The van der Waals surface area contributed by atoms with Gasteiger partial charge in [0.05, 0.1) is 17.0 Å². The van der Waals surface area contributed by atoms with Crippen LogP contribution in [0.1, 0.15) is 11.1 Å². The standard InChI is InChI=1S/C9H5Cl2F3O2/c10-6-2-1-5(9(12,13)14)8(11)4(6)3-7(15)16/h1-2H,3H2,(H,15,16). The molecule has 0 aliphatic carbocycles. The smallest absolute Gasteiger partial charge is 0.417 e. The van der Waals surface area contributed by atoms with Gasteiger partial charge in [-0.25, -0.2) is 0 Å². The number of hydrogen-bond acceptors (Lipinski definition) is 1. The van der Waals surface area contributed by atoms with Crippen LogP contribution in [0.2, 0.25) is 10.0 Å². The van der Waals surface area contributed by atoms with Crippen molar-refractivity contribution in [3.05, 3.63) is 33.3 Å². The van der Waals surface area contributed by atoms with Gasteiger partial charge in [-0.2, -0.15) is 13.2 Å². The predicted octanol–water partition coefficient (Wildman–Crippen LogP) is 3.64. The van der Waals surface area contributed by atoms with Crippen molar-refractivity contribution in [1.29, 1.82) is 0 Å². The molecule has 0 saturated heterocycles. The summed E-state index contributed by atoms with van der Waals surface area (Å²) in [5.74, 6) is -1.30. The average molecular weight is 273 g/mol. The summed E-state index contributed by atoms with van der Waals surface area (Å²) in [4.78, 5) is 10.4. The molecule has 0 aliphatic rings. The Morgan fingerprint density at radius 1 is 1.31 bits per heavy atom. The summed E-state index contributed by atoms with van der Waals surface area (Å²) in [7, 11) is 0. The van der Waals surface area contributed by atoms with Gasteiger partial charge >= 0.3 is 12.1 Å². The van der Waals surface area contributed by atoms with Crippen molar-refractivity contribution in [2.45, 2.75) is 12.6 Å². The molecule has 0 amide bonds. The van der Waals surface area contributed by atoms with Gasteiger partial charge in [0.1, 0.15) is 0 Å². The summed E-state index contributed by atoms with van der Waals surface area (Å²) in [6.07, 6.45) is -5.28. The third-order valence-electron chi connectivity index (χ3n) is 1.82. The topological polar surface area (TPSA) is 37.3 Å². The van der Waals surface area contributed by atoms with E-state index in [9.17, 15) is 18.0 Å². The number of carbonyl (C=O) groups is 1. The minimum absolute atomic E-state index is 0.0969. The van der Waals surface area contributed by atoms with Crippen LogP contribution in [0.3, 0.4) is 0 Å². The van der Waals surface area contributed by atoms with E-state index >= 15 is 0 Å². The first-order valence-electron chi connectivity index (χ1n) is 3.99. The lowest BCUT2D eigenvalue weighted by molar-refractivity contribution is -0.138. The molecule has 0 aromatic heterocycles. The Hall–Kier alpha value is -0.940. The SMILES string of the molecule is O=C(O)Cc1c(Cl)ccc(C(F)(F)F)c1Cl. The van der Waals surface area contributed by atoms with Gasteiger partial charge in [-0.1, -0.05) is 23.2 Å². The van der Waals surface area contributed by atoms with Gasteiger partial charge in [0.15, 0.2) is 0 Å². The van der Waals surface area contributed by atoms with Gasteiger partial charge in [-0.05, 0) is 12.1 Å². The third kappa shape index (κ3) is 2.80. The lowest BCUT2D eigenvalue weighted by Gasteiger charge is -2.12. The molecule has 0 spiro atoms. The summed E-state index contributed by atoms with van der Waals surface area (Å²) < 4.78 is 37.3. The second kappa shape index (κ2) is 4.51. The summed E-state index contributed by atoms with van der Waals surface area (Å²) in [6.45, 7) is 0. The van der Waals surface area contributed by atoms with Crippen LogP contribution in [0.15, 0.2) is 12.1 Å². The van der Waals surface area contributed by atoms with Gasteiger partial charge < -0.3 is 5.11 Å². The van der Waals surface area contributed by atoms with Crippen molar-refractivity contribution >= 4 is 29.2 Å². The Balaban J connectivity index is 3.33. The van der Waals surface area contributed by atoms with Crippen molar-refractivity contribution in [3.63, 3.8) is 0 Å². The molecular formula is C9H5Cl2F3O2. The van der Waals surface area contributed by atoms with Crippen molar-refractivity contribution in [3.8, 4) is 0 Å². The van der Waals surface area contributed by atoms with E-state index in [0.29, 0.717) is 0 Å². The maximum absolute atomic E-state index is 12.4. The number of halogens is 5. The van der Waals surface area contributed by atoms with E-state index in [1.807, 2.05) is 0 Å². The molecule has 1 rings (SSSR count). The molecule has 0 atom stereocenters. The van der Waals surface area contributed by atoms with Crippen LogP contribution in [-0.2, 0) is 17.4 Å². The summed E-state index contributed by atoms with van der Waals surface area (Å²) >= 11 is 11.1. The van der Waals surface area contributed by atoms with E-state index < -0.39 is 29.2 Å². The van der Waals surface area contributed by atoms with E-state index in [2.05, 4.69) is 0 Å². The highest BCUT2D eigenvalue weighted by Crippen LogP contribution is 2.38. The van der Waals surface area contributed by atoms with Gasteiger partial charge in [-0.15, -0.1) is 0 Å². The van der Waals surface area contributed by atoms with E-state index in [0.717, 1.165) is 12.1 Å². The van der Waals surface area contributed by atoms with E-state index in [1.54, 1.807) is 0 Å². The molecule has 0 unspecified atom stereocenters. The van der Waals surface area contributed by atoms with Crippen LogP contribution in [-0.4, -0.2) is 11.1 Å². The first-order valence-corrected chi connectivity index (χ1v) is 4.75. The molecule has 2 nitrogen and oxygen atoms in total. The molecule has 7 heteroatoms. The van der Waals surface area contributed by atoms with Gasteiger partial charge in [0.25, 0.3) is 0 Å².